The first kappa shape index (κ1) is 14.0. The highest BCUT2D eigenvalue weighted by Gasteiger charge is 2.09. The lowest BCUT2D eigenvalue weighted by atomic mass is 10.2. The number of rotatable bonds is 6. The molecule has 3 nitrogen and oxygen atoms in total. The fraction of sp³-hybridized carbons (Fsp3) is 0.500. The van der Waals surface area contributed by atoms with Gasteiger partial charge in [0, 0.05) is 13.1 Å². The summed E-state index contributed by atoms with van der Waals surface area (Å²) in [5.74, 6) is -1.70. The first-order valence-electron chi connectivity index (χ1n) is 5.53. The van der Waals surface area contributed by atoms with Crippen molar-refractivity contribution >= 4 is 0 Å². The molecule has 5 heteroatoms. The lowest BCUT2D eigenvalue weighted by Crippen LogP contribution is -2.30. The van der Waals surface area contributed by atoms with Gasteiger partial charge < -0.3 is 10.8 Å². The number of aliphatic hydroxyl groups is 1. The lowest BCUT2D eigenvalue weighted by molar-refractivity contribution is 0.117. The van der Waals surface area contributed by atoms with E-state index in [2.05, 4.69) is 0 Å². The lowest BCUT2D eigenvalue weighted by Gasteiger charge is -2.20. The average molecular weight is 244 g/mol. The summed E-state index contributed by atoms with van der Waals surface area (Å²) in [5, 5.41) is 9.54. The van der Waals surface area contributed by atoms with E-state index < -0.39 is 17.7 Å². The van der Waals surface area contributed by atoms with Crippen molar-refractivity contribution in [1.82, 2.24) is 4.90 Å². The molecule has 0 heterocycles. The van der Waals surface area contributed by atoms with Gasteiger partial charge in [0.05, 0.1) is 6.10 Å². The van der Waals surface area contributed by atoms with Crippen molar-refractivity contribution in [2.45, 2.75) is 19.1 Å². The van der Waals surface area contributed by atoms with E-state index in [1.54, 1.807) is 7.05 Å². The Hall–Kier alpha value is -1.04. The van der Waals surface area contributed by atoms with E-state index >= 15 is 0 Å². The van der Waals surface area contributed by atoms with Gasteiger partial charge in [0.25, 0.3) is 0 Å². The predicted molar refractivity (Wildman–Crippen MR) is 62.4 cm³/mol. The maximum absolute atomic E-state index is 13.0. The number of aliphatic hydroxyl groups excluding tert-OH is 1. The summed E-state index contributed by atoms with van der Waals surface area (Å²) >= 11 is 0. The Labute approximate surface area is 99.8 Å². The van der Waals surface area contributed by atoms with E-state index in [1.165, 1.54) is 12.1 Å². The Balaban J connectivity index is 2.50. The predicted octanol–water partition coefficient (Wildman–Crippen LogP) is 1.11. The molecule has 96 valence electrons. The van der Waals surface area contributed by atoms with Gasteiger partial charge in [-0.2, -0.15) is 0 Å². The van der Waals surface area contributed by atoms with E-state index in [0.717, 1.165) is 6.07 Å². The second-order valence-corrected chi connectivity index (χ2v) is 4.18. The standard InChI is InChI=1S/C12H18F2N2O/c1-16(8-10(17)4-5-15)7-9-2-3-11(13)12(14)6-9/h2-3,6,10,17H,4-5,7-8,15H2,1H3. The van der Waals surface area contributed by atoms with E-state index in [9.17, 15) is 13.9 Å². The molecule has 0 bridgehead atoms. The minimum Gasteiger partial charge on any atom is -0.392 e. The summed E-state index contributed by atoms with van der Waals surface area (Å²) in [7, 11) is 1.81. The third-order valence-electron chi connectivity index (χ3n) is 2.46. The van der Waals surface area contributed by atoms with E-state index in [4.69, 9.17) is 5.73 Å². The quantitative estimate of drug-likeness (QED) is 0.788. The minimum absolute atomic E-state index is 0.431. The van der Waals surface area contributed by atoms with Crippen LogP contribution in [0.3, 0.4) is 0 Å². The van der Waals surface area contributed by atoms with Crippen molar-refractivity contribution in [1.29, 1.82) is 0 Å². The molecule has 17 heavy (non-hydrogen) atoms. The van der Waals surface area contributed by atoms with Crippen LogP contribution >= 0.6 is 0 Å². The molecule has 0 spiro atoms. The molecule has 1 rings (SSSR count). The van der Waals surface area contributed by atoms with Crippen molar-refractivity contribution in [3.63, 3.8) is 0 Å². The summed E-state index contributed by atoms with van der Waals surface area (Å²) in [4.78, 5) is 1.84. The van der Waals surface area contributed by atoms with Gasteiger partial charge in [-0.05, 0) is 37.7 Å². The molecule has 0 fully saturated rings. The molecule has 1 aromatic rings. The highest BCUT2D eigenvalue weighted by atomic mass is 19.2. The monoisotopic (exact) mass is 244 g/mol. The smallest absolute Gasteiger partial charge is 0.159 e. The molecule has 0 aromatic heterocycles. The molecule has 0 aliphatic carbocycles. The maximum atomic E-state index is 13.0. The number of hydrogen-bond donors (Lipinski definition) is 2. The second-order valence-electron chi connectivity index (χ2n) is 4.18. The molecule has 3 N–H and O–H groups in total. The van der Waals surface area contributed by atoms with Gasteiger partial charge in [0.1, 0.15) is 0 Å². The van der Waals surface area contributed by atoms with Crippen LogP contribution in [-0.2, 0) is 6.54 Å². The van der Waals surface area contributed by atoms with Gasteiger partial charge in [-0.25, -0.2) is 8.78 Å². The number of nitrogens with zero attached hydrogens (tertiary/aromatic N) is 1. The summed E-state index contributed by atoms with van der Waals surface area (Å²) in [6, 6.07) is 3.81. The molecule has 1 unspecified atom stereocenters. The third kappa shape index (κ3) is 4.77. The van der Waals surface area contributed by atoms with Crippen molar-refractivity contribution in [3.8, 4) is 0 Å². The molecule has 0 radical (unpaired) electrons. The van der Waals surface area contributed by atoms with Gasteiger partial charge in [0.2, 0.25) is 0 Å². The van der Waals surface area contributed by atoms with E-state index in [-0.39, 0.29) is 0 Å². The molecular weight excluding hydrogens is 226 g/mol. The highest BCUT2D eigenvalue weighted by Crippen LogP contribution is 2.10. The Morgan fingerprint density at radius 3 is 2.65 bits per heavy atom. The zero-order valence-electron chi connectivity index (χ0n) is 9.87. The molecule has 1 atom stereocenters. The number of halogens is 2. The van der Waals surface area contributed by atoms with Crippen LogP contribution in [0.1, 0.15) is 12.0 Å². The fourth-order valence-electron chi connectivity index (χ4n) is 1.66. The summed E-state index contributed by atoms with van der Waals surface area (Å²) in [6.07, 6.45) is 0.0394. The van der Waals surface area contributed by atoms with E-state index in [0.29, 0.717) is 31.6 Å². The first-order chi connectivity index (χ1) is 8.02. The maximum Gasteiger partial charge on any atom is 0.159 e. The Morgan fingerprint density at radius 2 is 2.06 bits per heavy atom. The zero-order valence-corrected chi connectivity index (χ0v) is 9.87. The van der Waals surface area contributed by atoms with Gasteiger partial charge in [-0.15, -0.1) is 0 Å². The van der Waals surface area contributed by atoms with Crippen molar-refractivity contribution in [3.05, 3.63) is 35.4 Å². The molecule has 0 saturated carbocycles. The normalized spacial score (nSPS) is 13.1. The number of likely N-dealkylation sites (N-methyl/N-ethyl adjacent to an activating group) is 1. The van der Waals surface area contributed by atoms with Crippen LogP contribution in [0.4, 0.5) is 8.78 Å². The Kier molecular flexibility index (Phi) is 5.47. The van der Waals surface area contributed by atoms with Gasteiger partial charge in [-0.3, -0.25) is 4.90 Å². The average Bonchev–Trinajstić information content (AvgIpc) is 2.23. The summed E-state index contributed by atoms with van der Waals surface area (Å²) in [5.41, 5.74) is 6.00. The number of nitrogens with two attached hydrogens (primary N) is 1. The SMILES string of the molecule is CN(Cc1ccc(F)c(F)c1)CC(O)CCN. The van der Waals surface area contributed by atoms with Gasteiger partial charge in [0.15, 0.2) is 11.6 Å². The van der Waals surface area contributed by atoms with Crippen LogP contribution in [-0.4, -0.2) is 36.2 Å². The fourth-order valence-corrected chi connectivity index (χ4v) is 1.66. The Bertz CT molecular complexity index is 360. The molecule has 0 saturated heterocycles. The first-order valence-corrected chi connectivity index (χ1v) is 5.53. The van der Waals surface area contributed by atoms with Crippen LogP contribution in [0.15, 0.2) is 18.2 Å². The summed E-state index contributed by atoms with van der Waals surface area (Å²) < 4.78 is 25.7. The molecule has 0 aliphatic heterocycles. The van der Waals surface area contributed by atoms with Crippen molar-refractivity contribution in [2.24, 2.45) is 5.73 Å². The number of benzene rings is 1. The van der Waals surface area contributed by atoms with Crippen LogP contribution in [0.25, 0.3) is 0 Å². The summed E-state index contributed by atoms with van der Waals surface area (Å²) in [6.45, 7) is 1.34. The second kappa shape index (κ2) is 6.64. The van der Waals surface area contributed by atoms with Crippen molar-refractivity contribution in [2.75, 3.05) is 20.1 Å². The molecule has 0 amide bonds. The van der Waals surface area contributed by atoms with Gasteiger partial charge in [-0.1, -0.05) is 6.07 Å². The van der Waals surface area contributed by atoms with Crippen molar-refractivity contribution < 1.29 is 13.9 Å². The van der Waals surface area contributed by atoms with Crippen LogP contribution in [0, 0.1) is 11.6 Å². The largest absolute Gasteiger partial charge is 0.392 e. The van der Waals surface area contributed by atoms with Crippen LogP contribution in [0.5, 0.6) is 0 Å². The molecule has 0 aliphatic rings. The topological polar surface area (TPSA) is 49.5 Å². The van der Waals surface area contributed by atoms with E-state index in [1.807, 2.05) is 4.90 Å². The molecular formula is C12H18F2N2O. The Morgan fingerprint density at radius 1 is 1.35 bits per heavy atom. The van der Waals surface area contributed by atoms with Crippen LogP contribution < -0.4 is 5.73 Å². The number of hydrogen-bond acceptors (Lipinski definition) is 3. The third-order valence-corrected chi connectivity index (χ3v) is 2.46. The van der Waals surface area contributed by atoms with Crippen LogP contribution in [0.2, 0.25) is 0 Å². The highest BCUT2D eigenvalue weighted by molar-refractivity contribution is 5.17. The molecule has 1 aromatic carbocycles. The van der Waals surface area contributed by atoms with Gasteiger partial charge >= 0.3 is 0 Å². The zero-order chi connectivity index (χ0) is 12.8. The minimum atomic E-state index is -0.849.